The highest BCUT2D eigenvalue weighted by Gasteiger charge is 2.29. The smallest absolute Gasteiger partial charge is 0.335 e. The number of anilines is 1. The molecule has 2 atom stereocenters. The van der Waals surface area contributed by atoms with Gasteiger partial charge in [-0.3, -0.25) is 4.57 Å². The van der Waals surface area contributed by atoms with Crippen molar-refractivity contribution in [3.63, 3.8) is 0 Å². The molecule has 2 aromatic carbocycles. The summed E-state index contributed by atoms with van der Waals surface area (Å²) in [6.45, 7) is 8.28. The van der Waals surface area contributed by atoms with E-state index >= 15 is 0 Å². The molecular formula is C26H42N3O7PS. The van der Waals surface area contributed by atoms with E-state index in [2.05, 4.69) is 5.32 Å². The summed E-state index contributed by atoms with van der Waals surface area (Å²) in [6.07, 6.45) is -0.932. The summed E-state index contributed by atoms with van der Waals surface area (Å²) < 4.78 is 56.4. The maximum Gasteiger partial charge on any atom is 0.335 e. The Kier molecular flexibility index (Phi) is 12.7. The zero-order valence-corrected chi connectivity index (χ0v) is 24.6. The Balaban J connectivity index is 2.02. The highest BCUT2D eigenvalue weighted by Crippen LogP contribution is 2.51. The normalized spacial score (nSPS) is 14.0. The summed E-state index contributed by atoms with van der Waals surface area (Å²) in [7, 11) is -5.53. The third-order valence-corrected chi connectivity index (χ3v) is 9.58. The Morgan fingerprint density at radius 3 is 2.08 bits per heavy atom. The fourth-order valence-corrected chi connectivity index (χ4v) is 7.09. The van der Waals surface area contributed by atoms with Crippen molar-refractivity contribution in [3.8, 4) is 5.75 Å². The predicted octanol–water partition coefficient (Wildman–Crippen LogP) is 3.91. The van der Waals surface area contributed by atoms with Crippen molar-refractivity contribution in [1.82, 2.24) is 4.31 Å². The second-order valence-corrected chi connectivity index (χ2v) is 13.3. The van der Waals surface area contributed by atoms with Gasteiger partial charge < -0.3 is 29.9 Å². The molecule has 0 saturated heterocycles. The molecule has 2 aromatic rings. The lowest BCUT2D eigenvalue weighted by Crippen LogP contribution is -2.49. The van der Waals surface area contributed by atoms with Crippen LogP contribution in [0.4, 0.5) is 5.69 Å². The molecule has 0 heterocycles. The first-order valence-electron chi connectivity index (χ1n) is 12.7. The molecule has 0 aliphatic heterocycles. The summed E-state index contributed by atoms with van der Waals surface area (Å²) in [5, 5.41) is 14.0. The minimum absolute atomic E-state index is 0.0452. The van der Waals surface area contributed by atoms with Crippen molar-refractivity contribution < 1.29 is 31.9 Å². The molecule has 214 valence electrons. The number of methoxy groups -OCH3 is 1. The number of ether oxygens (including phenoxy) is 1. The van der Waals surface area contributed by atoms with Crippen LogP contribution >= 0.6 is 7.60 Å². The Bertz CT molecular complexity index is 1120. The lowest BCUT2D eigenvalue weighted by molar-refractivity contribution is 0.120. The molecule has 0 saturated carbocycles. The molecule has 0 aromatic heterocycles. The van der Waals surface area contributed by atoms with Crippen molar-refractivity contribution in [2.24, 2.45) is 11.7 Å². The molecule has 0 aliphatic carbocycles. The average Bonchev–Trinajstić information content (AvgIpc) is 2.87. The van der Waals surface area contributed by atoms with Crippen LogP contribution in [0.3, 0.4) is 0 Å². The SMILES string of the molecule is CCOP(=O)(Cc1ccc(NC[C@H](N)[C@H](O)CN(CC(C)C)S(=O)(=O)c2ccc(OC)cc2)cc1)OCC. The zero-order valence-electron chi connectivity index (χ0n) is 22.9. The van der Waals surface area contributed by atoms with Crippen LogP contribution in [0.2, 0.25) is 0 Å². The second-order valence-electron chi connectivity index (χ2n) is 9.30. The minimum atomic E-state index is -3.85. The number of benzene rings is 2. The van der Waals surface area contributed by atoms with E-state index in [0.29, 0.717) is 19.0 Å². The van der Waals surface area contributed by atoms with Crippen LogP contribution in [0.15, 0.2) is 53.4 Å². The first-order chi connectivity index (χ1) is 17.9. The molecule has 0 spiro atoms. The summed E-state index contributed by atoms with van der Waals surface area (Å²) >= 11 is 0. The number of nitrogens with two attached hydrogens (primary N) is 1. The van der Waals surface area contributed by atoms with Gasteiger partial charge in [0, 0.05) is 31.4 Å². The van der Waals surface area contributed by atoms with Crippen molar-refractivity contribution in [2.45, 2.75) is 50.9 Å². The fourth-order valence-electron chi connectivity index (χ4n) is 3.76. The number of aliphatic hydroxyl groups is 1. The predicted molar refractivity (Wildman–Crippen MR) is 150 cm³/mol. The van der Waals surface area contributed by atoms with Crippen LogP contribution < -0.4 is 15.8 Å². The molecule has 0 aliphatic rings. The van der Waals surface area contributed by atoms with E-state index in [-0.39, 0.29) is 36.6 Å². The van der Waals surface area contributed by atoms with E-state index in [9.17, 15) is 18.1 Å². The number of nitrogens with one attached hydrogen (secondary N) is 1. The maximum absolute atomic E-state index is 13.3. The van der Waals surface area contributed by atoms with Gasteiger partial charge in [-0.05, 0) is 61.7 Å². The highest BCUT2D eigenvalue weighted by atomic mass is 32.2. The number of hydrogen-bond donors (Lipinski definition) is 3. The van der Waals surface area contributed by atoms with Gasteiger partial charge in [0.2, 0.25) is 10.0 Å². The van der Waals surface area contributed by atoms with Gasteiger partial charge in [0.1, 0.15) is 5.75 Å². The molecule has 12 heteroatoms. The van der Waals surface area contributed by atoms with E-state index in [4.69, 9.17) is 19.5 Å². The van der Waals surface area contributed by atoms with Crippen LogP contribution in [-0.4, -0.2) is 69.9 Å². The highest BCUT2D eigenvalue weighted by molar-refractivity contribution is 7.89. The lowest BCUT2D eigenvalue weighted by atomic mass is 10.1. The molecule has 0 bridgehead atoms. The van der Waals surface area contributed by atoms with Gasteiger partial charge in [0.25, 0.3) is 0 Å². The Morgan fingerprint density at radius 2 is 1.58 bits per heavy atom. The van der Waals surface area contributed by atoms with Gasteiger partial charge in [-0.25, -0.2) is 8.42 Å². The van der Waals surface area contributed by atoms with Crippen molar-refractivity contribution in [3.05, 3.63) is 54.1 Å². The summed E-state index contributed by atoms with van der Waals surface area (Å²) in [6, 6.07) is 12.7. The Morgan fingerprint density at radius 1 is 1.00 bits per heavy atom. The van der Waals surface area contributed by atoms with Crippen LogP contribution in [0.25, 0.3) is 0 Å². The van der Waals surface area contributed by atoms with Gasteiger partial charge in [-0.15, -0.1) is 0 Å². The van der Waals surface area contributed by atoms with E-state index in [1.807, 2.05) is 38.1 Å². The molecule has 38 heavy (non-hydrogen) atoms. The quantitative estimate of drug-likeness (QED) is 0.241. The van der Waals surface area contributed by atoms with Gasteiger partial charge in [0.15, 0.2) is 0 Å². The Hall–Kier alpha value is -1.98. The summed E-state index contributed by atoms with van der Waals surface area (Å²) in [5.41, 5.74) is 7.78. The van der Waals surface area contributed by atoms with E-state index in [0.717, 1.165) is 11.3 Å². The van der Waals surface area contributed by atoms with Crippen LogP contribution in [0.5, 0.6) is 5.75 Å². The number of aliphatic hydroxyl groups excluding tert-OH is 1. The maximum atomic E-state index is 13.3. The molecular weight excluding hydrogens is 529 g/mol. The monoisotopic (exact) mass is 571 g/mol. The van der Waals surface area contributed by atoms with Gasteiger partial charge in [-0.1, -0.05) is 26.0 Å². The van der Waals surface area contributed by atoms with E-state index in [1.165, 1.54) is 23.5 Å². The van der Waals surface area contributed by atoms with Gasteiger partial charge >= 0.3 is 7.60 Å². The summed E-state index contributed by atoms with van der Waals surface area (Å²) in [5.74, 6) is 0.599. The molecule has 10 nitrogen and oxygen atoms in total. The molecule has 0 amide bonds. The number of nitrogens with zero attached hydrogens (tertiary/aromatic N) is 1. The standard InChI is InChI=1S/C26H42N3O7PS/c1-6-35-37(31,36-7-2)19-21-8-10-22(11-9-21)28-16-25(27)26(30)18-29(17-20(3)4)38(32,33)24-14-12-23(34-5)13-15-24/h8-15,20,25-26,28,30H,6-7,16-19,27H2,1-5H3/t25-,26+/m0/s1. The summed E-state index contributed by atoms with van der Waals surface area (Å²) in [4.78, 5) is 0.121. The third-order valence-electron chi connectivity index (χ3n) is 5.67. The number of hydrogen-bond acceptors (Lipinski definition) is 9. The second kappa shape index (κ2) is 15.0. The van der Waals surface area contributed by atoms with Crippen LogP contribution in [0.1, 0.15) is 33.3 Å². The average molecular weight is 572 g/mol. The van der Waals surface area contributed by atoms with Crippen LogP contribution in [0, 0.1) is 5.92 Å². The topological polar surface area (TPSA) is 140 Å². The Labute approximate surface area is 227 Å². The fraction of sp³-hybridized carbons (Fsp3) is 0.538. The van der Waals surface area contributed by atoms with E-state index in [1.54, 1.807) is 26.0 Å². The van der Waals surface area contributed by atoms with Crippen LogP contribution in [-0.2, 0) is 29.8 Å². The molecule has 0 radical (unpaired) electrons. The van der Waals surface area contributed by atoms with Gasteiger partial charge in [0.05, 0.1) is 37.5 Å². The number of rotatable bonds is 17. The molecule has 0 unspecified atom stereocenters. The first kappa shape index (κ1) is 32.2. The van der Waals surface area contributed by atoms with Gasteiger partial charge in [-0.2, -0.15) is 4.31 Å². The minimum Gasteiger partial charge on any atom is -0.497 e. The first-order valence-corrected chi connectivity index (χ1v) is 15.9. The number of sulfonamides is 1. The van der Waals surface area contributed by atoms with Crippen molar-refractivity contribution in [2.75, 3.05) is 45.3 Å². The molecule has 0 fully saturated rings. The zero-order chi connectivity index (χ0) is 28.3. The van der Waals surface area contributed by atoms with E-state index < -0.39 is 29.8 Å². The largest absolute Gasteiger partial charge is 0.497 e. The molecule has 2 rings (SSSR count). The van der Waals surface area contributed by atoms with Crippen molar-refractivity contribution in [1.29, 1.82) is 0 Å². The molecule has 4 N–H and O–H groups in total. The third kappa shape index (κ3) is 9.64. The van der Waals surface area contributed by atoms with Crippen molar-refractivity contribution >= 4 is 23.3 Å². The lowest BCUT2D eigenvalue weighted by Gasteiger charge is -2.29.